The third kappa shape index (κ3) is 5.66. The summed E-state index contributed by atoms with van der Waals surface area (Å²) in [4.78, 5) is 31.9. The number of piperazine rings is 1. The Bertz CT molecular complexity index is 1010. The highest BCUT2D eigenvalue weighted by Gasteiger charge is 2.27. The van der Waals surface area contributed by atoms with Crippen LogP contribution in [0.15, 0.2) is 42.5 Å². The van der Waals surface area contributed by atoms with Crippen molar-refractivity contribution >= 4 is 29.1 Å². The summed E-state index contributed by atoms with van der Waals surface area (Å²) in [7, 11) is 4.24. The Labute approximate surface area is 200 Å². The smallest absolute Gasteiger partial charge is 0.309 e. The molecule has 2 aromatic rings. The molecule has 1 unspecified atom stereocenters. The monoisotopic (exact) mass is 469 g/mol. The summed E-state index contributed by atoms with van der Waals surface area (Å²) < 4.78 is 0. The number of benzene rings is 2. The van der Waals surface area contributed by atoms with Gasteiger partial charge in [-0.25, -0.2) is 0 Å². The molecule has 0 aliphatic carbocycles. The Kier molecular flexibility index (Phi) is 7.53. The average Bonchev–Trinajstić information content (AvgIpc) is 3.19. The highest BCUT2D eigenvalue weighted by atomic mass is 35.5. The van der Waals surface area contributed by atoms with E-state index < -0.39 is 11.8 Å². The van der Waals surface area contributed by atoms with Crippen LogP contribution in [0.3, 0.4) is 0 Å². The first-order chi connectivity index (χ1) is 15.9. The standard InChI is InChI=1S/C25H32ClN5O2/c1-29-11-13-31(14-12-29)23(18-7-8-22-19(15-18)9-10-30(22)2)17-28-25(33)24(32)27-16-20-5-3-4-6-21(20)26/h3-8,15,23H,9-14,16-17H2,1-2H3,(H,27,32)(H,28,33). The summed E-state index contributed by atoms with van der Waals surface area (Å²) >= 11 is 6.14. The first kappa shape index (κ1) is 23.5. The van der Waals surface area contributed by atoms with Gasteiger partial charge in [-0.15, -0.1) is 0 Å². The highest BCUT2D eigenvalue weighted by molar-refractivity contribution is 6.35. The molecule has 176 valence electrons. The SMILES string of the molecule is CN1CCN(C(CNC(=O)C(=O)NCc2ccccc2Cl)c2ccc3c(c2)CCN3C)CC1. The first-order valence-corrected chi connectivity index (χ1v) is 11.9. The Hall–Kier alpha value is -2.61. The predicted octanol–water partition coefficient (Wildman–Crippen LogP) is 2.05. The molecular weight excluding hydrogens is 438 g/mol. The molecule has 0 bridgehead atoms. The van der Waals surface area contributed by atoms with Gasteiger partial charge in [0.15, 0.2) is 0 Å². The summed E-state index contributed by atoms with van der Waals surface area (Å²) in [5.74, 6) is -1.27. The van der Waals surface area contributed by atoms with Gasteiger partial charge < -0.3 is 20.4 Å². The second kappa shape index (κ2) is 10.5. The van der Waals surface area contributed by atoms with Crippen LogP contribution >= 0.6 is 11.6 Å². The fourth-order valence-corrected chi connectivity index (χ4v) is 4.76. The van der Waals surface area contributed by atoms with Crippen molar-refractivity contribution in [2.75, 3.05) is 58.3 Å². The molecule has 33 heavy (non-hydrogen) atoms. The lowest BCUT2D eigenvalue weighted by Gasteiger charge is -2.38. The van der Waals surface area contributed by atoms with Crippen LogP contribution in [0.25, 0.3) is 0 Å². The van der Waals surface area contributed by atoms with Crippen LogP contribution in [0, 0.1) is 0 Å². The Morgan fingerprint density at radius 3 is 2.45 bits per heavy atom. The lowest BCUT2D eigenvalue weighted by molar-refractivity contribution is -0.139. The molecule has 2 aliphatic rings. The normalized spacial score (nSPS) is 17.5. The number of nitrogens with zero attached hydrogens (tertiary/aromatic N) is 3. The molecular formula is C25H32ClN5O2. The van der Waals surface area contributed by atoms with Crippen LogP contribution in [0.5, 0.6) is 0 Å². The molecule has 2 amide bonds. The van der Waals surface area contributed by atoms with Crippen molar-refractivity contribution in [2.45, 2.75) is 19.0 Å². The molecule has 4 rings (SSSR count). The Balaban J connectivity index is 1.41. The third-order valence-electron chi connectivity index (χ3n) is 6.65. The number of hydrogen-bond acceptors (Lipinski definition) is 5. The highest BCUT2D eigenvalue weighted by Crippen LogP contribution is 2.31. The largest absolute Gasteiger partial charge is 0.374 e. The summed E-state index contributed by atoms with van der Waals surface area (Å²) in [6.07, 6.45) is 1.03. The van der Waals surface area contributed by atoms with Gasteiger partial charge in [0.1, 0.15) is 0 Å². The number of nitrogens with one attached hydrogen (secondary N) is 2. The summed E-state index contributed by atoms with van der Waals surface area (Å²) in [6.45, 7) is 5.44. The van der Waals surface area contributed by atoms with Gasteiger partial charge in [0.25, 0.3) is 0 Å². The predicted molar refractivity (Wildman–Crippen MR) is 132 cm³/mol. The van der Waals surface area contributed by atoms with E-state index in [1.54, 1.807) is 6.07 Å². The molecule has 2 heterocycles. The van der Waals surface area contributed by atoms with Gasteiger partial charge in [0.2, 0.25) is 0 Å². The number of rotatable bonds is 6. The molecule has 1 atom stereocenters. The molecule has 1 fully saturated rings. The molecule has 0 aromatic heterocycles. The molecule has 0 spiro atoms. The molecule has 2 aliphatic heterocycles. The van der Waals surface area contributed by atoms with E-state index in [0.29, 0.717) is 11.6 Å². The van der Waals surface area contributed by atoms with E-state index in [-0.39, 0.29) is 12.6 Å². The van der Waals surface area contributed by atoms with E-state index in [9.17, 15) is 9.59 Å². The second-order valence-electron chi connectivity index (χ2n) is 8.90. The zero-order valence-corrected chi connectivity index (χ0v) is 20.1. The third-order valence-corrected chi connectivity index (χ3v) is 7.02. The lowest BCUT2D eigenvalue weighted by Crippen LogP contribution is -2.49. The second-order valence-corrected chi connectivity index (χ2v) is 9.31. The van der Waals surface area contributed by atoms with E-state index >= 15 is 0 Å². The molecule has 2 aromatic carbocycles. The van der Waals surface area contributed by atoms with Gasteiger partial charge in [0, 0.05) is 63.6 Å². The fourth-order valence-electron chi connectivity index (χ4n) is 4.55. The minimum absolute atomic E-state index is 0.0234. The van der Waals surface area contributed by atoms with Crippen molar-refractivity contribution in [3.8, 4) is 0 Å². The van der Waals surface area contributed by atoms with E-state index in [1.165, 1.54) is 16.8 Å². The van der Waals surface area contributed by atoms with E-state index in [1.807, 2.05) is 18.2 Å². The van der Waals surface area contributed by atoms with Gasteiger partial charge in [0.05, 0.1) is 6.04 Å². The number of anilines is 1. The van der Waals surface area contributed by atoms with Crippen LogP contribution < -0.4 is 15.5 Å². The summed E-state index contributed by atoms with van der Waals surface area (Å²) in [5, 5.41) is 6.10. The molecule has 0 radical (unpaired) electrons. The number of likely N-dealkylation sites (N-methyl/N-ethyl adjacent to an activating group) is 2. The minimum Gasteiger partial charge on any atom is -0.374 e. The zero-order chi connectivity index (χ0) is 23.4. The topological polar surface area (TPSA) is 67.9 Å². The number of hydrogen-bond donors (Lipinski definition) is 2. The van der Waals surface area contributed by atoms with Crippen LogP contribution in [0.1, 0.15) is 22.7 Å². The van der Waals surface area contributed by atoms with Crippen molar-refractivity contribution in [3.05, 3.63) is 64.2 Å². The maximum absolute atomic E-state index is 12.6. The van der Waals surface area contributed by atoms with Crippen molar-refractivity contribution in [3.63, 3.8) is 0 Å². The van der Waals surface area contributed by atoms with E-state index in [0.717, 1.165) is 44.7 Å². The molecule has 2 N–H and O–H groups in total. The first-order valence-electron chi connectivity index (χ1n) is 11.5. The number of carbonyl (C=O) groups is 2. The molecule has 0 saturated carbocycles. The van der Waals surface area contributed by atoms with Crippen LogP contribution in [0.2, 0.25) is 5.02 Å². The van der Waals surface area contributed by atoms with Crippen LogP contribution in [-0.2, 0) is 22.6 Å². The van der Waals surface area contributed by atoms with Crippen molar-refractivity contribution in [2.24, 2.45) is 0 Å². The van der Waals surface area contributed by atoms with Crippen molar-refractivity contribution in [1.82, 2.24) is 20.4 Å². The van der Waals surface area contributed by atoms with Gasteiger partial charge in [-0.05, 0) is 42.3 Å². The number of fused-ring (bicyclic) bond motifs is 1. The van der Waals surface area contributed by atoms with Crippen molar-refractivity contribution < 1.29 is 9.59 Å². The zero-order valence-electron chi connectivity index (χ0n) is 19.3. The van der Waals surface area contributed by atoms with Gasteiger partial charge in [-0.3, -0.25) is 14.5 Å². The van der Waals surface area contributed by atoms with E-state index in [4.69, 9.17) is 11.6 Å². The molecule has 8 heteroatoms. The average molecular weight is 470 g/mol. The minimum atomic E-state index is -0.650. The Morgan fingerprint density at radius 1 is 0.970 bits per heavy atom. The number of halogens is 1. The van der Waals surface area contributed by atoms with Gasteiger partial charge in [-0.1, -0.05) is 41.9 Å². The van der Waals surface area contributed by atoms with Gasteiger partial charge in [-0.2, -0.15) is 0 Å². The van der Waals surface area contributed by atoms with Crippen molar-refractivity contribution in [1.29, 1.82) is 0 Å². The van der Waals surface area contributed by atoms with E-state index in [2.05, 4.69) is 57.6 Å². The fraction of sp³-hybridized carbons (Fsp3) is 0.440. The quantitative estimate of drug-likeness (QED) is 0.634. The Morgan fingerprint density at radius 2 is 1.70 bits per heavy atom. The molecule has 7 nitrogen and oxygen atoms in total. The molecule has 1 saturated heterocycles. The number of amides is 2. The summed E-state index contributed by atoms with van der Waals surface area (Å²) in [6, 6.07) is 13.9. The maximum Gasteiger partial charge on any atom is 0.309 e. The maximum atomic E-state index is 12.6. The van der Waals surface area contributed by atoms with Crippen LogP contribution in [0.4, 0.5) is 5.69 Å². The van der Waals surface area contributed by atoms with Gasteiger partial charge >= 0.3 is 11.8 Å². The van der Waals surface area contributed by atoms with Crippen LogP contribution in [-0.4, -0.2) is 75.0 Å². The number of carbonyl (C=O) groups excluding carboxylic acids is 2. The summed E-state index contributed by atoms with van der Waals surface area (Å²) in [5.41, 5.74) is 4.58. The lowest BCUT2D eigenvalue weighted by atomic mass is 10.00.